The third-order valence-corrected chi connectivity index (χ3v) is 6.37. The van der Waals surface area contributed by atoms with E-state index >= 15 is 0 Å². The molecule has 2 saturated carbocycles. The highest BCUT2D eigenvalue weighted by Crippen LogP contribution is 2.63. The Bertz CT molecular complexity index is 619. The summed E-state index contributed by atoms with van der Waals surface area (Å²) in [6.45, 7) is 5.07. The third-order valence-electron chi connectivity index (χ3n) is 6.37. The molecule has 1 aliphatic heterocycles. The van der Waals surface area contributed by atoms with E-state index in [0.29, 0.717) is 22.9 Å². The first-order valence-corrected chi connectivity index (χ1v) is 9.33. The maximum atomic E-state index is 12.8. The summed E-state index contributed by atoms with van der Waals surface area (Å²) in [4.78, 5) is 14.8. The minimum Gasteiger partial charge on any atom is -0.384 e. The zero-order chi connectivity index (χ0) is 16.9. The van der Waals surface area contributed by atoms with Crippen molar-refractivity contribution in [3.05, 3.63) is 11.9 Å². The first-order valence-electron chi connectivity index (χ1n) is 9.33. The number of rotatable bonds is 3. The Hall–Kier alpha value is -1.43. The SMILES string of the molecule is CC(C)(O)c1cn(C2CCN(C(=O)C3CC34CCCC4)CC2)nn1. The van der Waals surface area contributed by atoms with Crippen molar-refractivity contribution in [3.63, 3.8) is 0 Å². The monoisotopic (exact) mass is 332 g/mol. The average Bonchev–Trinajstić information content (AvgIpc) is 2.94. The van der Waals surface area contributed by atoms with Gasteiger partial charge in [0.2, 0.25) is 5.91 Å². The molecule has 6 heteroatoms. The molecule has 24 heavy (non-hydrogen) atoms. The Kier molecular flexibility index (Phi) is 3.71. The molecule has 3 fully saturated rings. The quantitative estimate of drug-likeness (QED) is 0.921. The molecule has 1 spiro atoms. The number of nitrogens with zero attached hydrogens (tertiary/aromatic N) is 4. The molecule has 0 bridgehead atoms. The van der Waals surface area contributed by atoms with Crippen molar-refractivity contribution in [1.82, 2.24) is 19.9 Å². The fourth-order valence-electron chi connectivity index (χ4n) is 4.64. The zero-order valence-electron chi connectivity index (χ0n) is 14.7. The number of aromatic nitrogens is 3. The van der Waals surface area contributed by atoms with Crippen LogP contribution >= 0.6 is 0 Å². The van der Waals surface area contributed by atoms with E-state index in [1.165, 1.54) is 25.7 Å². The van der Waals surface area contributed by atoms with Crippen molar-refractivity contribution in [1.29, 1.82) is 0 Å². The largest absolute Gasteiger partial charge is 0.384 e. The van der Waals surface area contributed by atoms with Crippen LogP contribution in [0.5, 0.6) is 0 Å². The summed E-state index contributed by atoms with van der Waals surface area (Å²) in [6.07, 6.45) is 9.95. The third kappa shape index (κ3) is 2.75. The van der Waals surface area contributed by atoms with Crippen molar-refractivity contribution in [2.75, 3.05) is 13.1 Å². The van der Waals surface area contributed by atoms with E-state index in [-0.39, 0.29) is 6.04 Å². The predicted molar refractivity (Wildman–Crippen MR) is 89.1 cm³/mol. The maximum absolute atomic E-state index is 12.8. The molecule has 3 aliphatic rings. The van der Waals surface area contributed by atoms with E-state index < -0.39 is 5.60 Å². The second kappa shape index (κ2) is 5.55. The van der Waals surface area contributed by atoms with Gasteiger partial charge in [0.05, 0.1) is 12.2 Å². The van der Waals surface area contributed by atoms with Crippen LogP contribution in [0.1, 0.15) is 70.5 Å². The first-order chi connectivity index (χ1) is 11.4. The Labute approximate surface area is 143 Å². The topological polar surface area (TPSA) is 71.2 Å². The molecule has 1 saturated heterocycles. The molecular weight excluding hydrogens is 304 g/mol. The molecule has 0 aromatic carbocycles. The lowest BCUT2D eigenvalue weighted by Crippen LogP contribution is -2.40. The fraction of sp³-hybridized carbons (Fsp3) is 0.833. The number of hydrogen-bond acceptors (Lipinski definition) is 4. The Morgan fingerprint density at radius 3 is 2.54 bits per heavy atom. The van der Waals surface area contributed by atoms with Crippen LogP contribution in [0, 0.1) is 11.3 Å². The van der Waals surface area contributed by atoms with Crippen LogP contribution < -0.4 is 0 Å². The van der Waals surface area contributed by atoms with Crippen LogP contribution in [0.15, 0.2) is 6.20 Å². The summed E-state index contributed by atoms with van der Waals surface area (Å²) < 4.78 is 1.87. The van der Waals surface area contributed by atoms with Gasteiger partial charge in [-0.1, -0.05) is 18.1 Å². The molecule has 2 heterocycles. The molecule has 2 aliphatic carbocycles. The van der Waals surface area contributed by atoms with Gasteiger partial charge in [-0.15, -0.1) is 5.10 Å². The van der Waals surface area contributed by atoms with Crippen molar-refractivity contribution in [2.24, 2.45) is 11.3 Å². The van der Waals surface area contributed by atoms with Crippen LogP contribution in [0.3, 0.4) is 0 Å². The van der Waals surface area contributed by atoms with E-state index in [0.717, 1.165) is 32.4 Å². The smallest absolute Gasteiger partial charge is 0.226 e. The average molecular weight is 332 g/mol. The van der Waals surface area contributed by atoms with Gasteiger partial charge < -0.3 is 10.0 Å². The van der Waals surface area contributed by atoms with E-state index in [9.17, 15) is 9.90 Å². The van der Waals surface area contributed by atoms with Gasteiger partial charge in [0.25, 0.3) is 0 Å². The summed E-state index contributed by atoms with van der Waals surface area (Å²) in [6, 6.07) is 0.275. The molecule has 1 aromatic heterocycles. The van der Waals surface area contributed by atoms with E-state index in [2.05, 4.69) is 15.2 Å². The molecule has 1 aromatic rings. The van der Waals surface area contributed by atoms with E-state index in [1.54, 1.807) is 13.8 Å². The molecule has 132 valence electrons. The minimum atomic E-state index is -0.962. The highest BCUT2D eigenvalue weighted by Gasteiger charge is 2.59. The summed E-state index contributed by atoms with van der Waals surface area (Å²) in [5.41, 5.74) is 0.0277. The maximum Gasteiger partial charge on any atom is 0.226 e. The molecule has 0 radical (unpaired) electrons. The Balaban J connectivity index is 1.34. The Morgan fingerprint density at radius 1 is 1.29 bits per heavy atom. The van der Waals surface area contributed by atoms with Crippen LogP contribution in [-0.2, 0) is 10.4 Å². The number of piperidine rings is 1. The van der Waals surface area contributed by atoms with E-state index in [1.807, 2.05) is 10.9 Å². The predicted octanol–water partition coefficient (Wildman–Crippen LogP) is 2.25. The summed E-state index contributed by atoms with van der Waals surface area (Å²) >= 11 is 0. The first kappa shape index (κ1) is 16.1. The fourth-order valence-corrected chi connectivity index (χ4v) is 4.64. The second-order valence-electron chi connectivity index (χ2n) is 8.53. The van der Waals surface area contributed by atoms with Gasteiger partial charge in [0.15, 0.2) is 0 Å². The number of carbonyl (C=O) groups excluding carboxylic acids is 1. The van der Waals surface area contributed by atoms with Crippen molar-refractivity contribution >= 4 is 5.91 Å². The lowest BCUT2D eigenvalue weighted by molar-refractivity contribution is -0.134. The number of aliphatic hydroxyl groups is 1. The van der Waals surface area contributed by atoms with Gasteiger partial charge in [-0.2, -0.15) is 0 Å². The highest BCUT2D eigenvalue weighted by molar-refractivity contribution is 5.82. The molecule has 6 nitrogen and oxygen atoms in total. The number of likely N-dealkylation sites (tertiary alicyclic amines) is 1. The van der Waals surface area contributed by atoms with Crippen molar-refractivity contribution < 1.29 is 9.90 Å². The van der Waals surface area contributed by atoms with Crippen LogP contribution in [-0.4, -0.2) is 44.0 Å². The standard InChI is InChI=1S/C18H28N4O2/c1-17(2,24)15-12-22(20-19-15)13-5-9-21(10-6-13)16(23)14-11-18(14)7-3-4-8-18/h12-14,24H,3-11H2,1-2H3. The van der Waals surface area contributed by atoms with Crippen molar-refractivity contribution in [2.45, 2.75) is 70.4 Å². The minimum absolute atomic E-state index is 0.275. The molecule has 1 N–H and O–H groups in total. The second-order valence-corrected chi connectivity index (χ2v) is 8.53. The normalized spacial score (nSPS) is 27.0. The van der Waals surface area contributed by atoms with Crippen LogP contribution in [0.4, 0.5) is 0 Å². The van der Waals surface area contributed by atoms with Gasteiger partial charge in [-0.25, -0.2) is 4.68 Å². The highest BCUT2D eigenvalue weighted by atomic mass is 16.3. The van der Waals surface area contributed by atoms with Gasteiger partial charge in [0.1, 0.15) is 11.3 Å². The number of amides is 1. The van der Waals surface area contributed by atoms with Crippen LogP contribution in [0.25, 0.3) is 0 Å². The molecule has 1 atom stereocenters. The van der Waals surface area contributed by atoms with Crippen molar-refractivity contribution in [3.8, 4) is 0 Å². The molecule has 1 unspecified atom stereocenters. The van der Waals surface area contributed by atoms with E-state index in [4.69, 9.17) is 0 Å². The van der Waals surface area contributed by atoms with Gasteiger partial charge in [0, 0.05) is 19.0 Å². The molecule has 4 rings (SSSR count). The molecular formula is C18H28N4O2. The van der Waals surface area contributed by atoms with Gasteiger partial charge in [-0.3, -0.25) is 4.79 Å². The summed E-state index contributed by atoms with van der Waals surface area (Å²) in [5.74, 6) is 0.704. The lowest BCUT2D eigenvalue weighted by Gasteiger charge is -2.32. The summed E-state index contributed by atoms with van der Waals surface area (Å²) in [7, 11) is 0. The Morgan fingerprint density at radius 2 is 1.96 bits per heavy atom. The number of hydrogen-bond donors (Lipinski definition) is 1. The van der Waals surface area contributed by atoms with Gasteiger partial charge >= 0.3 is 0 Å². The number of carbonyl (C=O) groups is 1. The molecule has 1 amide bonds. The lowest BCUT2D eigenvalue weighted by atomic mass is 10.00. The zero-order valence-corrected chi connectivity index (χ0v) is 14.7. The summed E-state index contributed by atoms with van der Waals surface area (Å²) in [5, 5.41) is 18.3. The van der Waals surface area contributed by atoms with Gasteiger partial charge in [-0.05, 0) is 51.4 Å². The van der Waals surface area contributed by atoms with Crippen LogP contribution in [0.2, 0.25) is 0 Å².